The maximum atomic E-state index is 12.4. The first-order chi connectivity index (χ1) is 8.88. The number of carbonyl (C=O) groups is 2. The molecule has 1 aromatic rings. The van der Waals surface area contributed by atoms with Crippen LogP contribution < -0.4 is 15.2 Å². The highest BCUT2D eigenvalue weighted by Crippen LogP contribution is 2.27. The van der Waals surface area contributed by atoms with Gasteiger partial charge in [0.1, 0.15) is 11.5 Å². The number of ether oxygens (including phenoxy) is 3. The first kappa shape index (κ1) is 15.0. The normalized spacial score (nSPS) is 13.3. The third-order valence-electron chi connectivity index (χ3n) is 2.73. The van der Waals surface area contributed by atoms with Gasteiger partial charge in [0.05, 0.1) is 26.9 Å². The molecule has 1 rings (SSSR count). The van der Waals surface area contributed by atoms with E-state index in [0.29, 0.717) is 11.5 Å². The Kier molecular flexibility index (Phi) is 4.50. The lowest BCUT2D eigenvalue weighted by Crippen LogP contribution is -2.52. The van der Waals surface area contributed by atoms with Gasteiger partial charge in [0.15, 0.2) is 11.3 Å². The Bertz CT molecular complexity index is 496. The van der Waals surface area contributed by atoms with Crippen molar-refractivity contribution in [2.75, 3.05) is 21.3 Å². The highest BCUT2D eigenvalue weighted by Gasteiger charge is 2.40. The van der Waals surface area contributed by atoms with Gasteiger partial charge in [0, 0.05) is 0 Å². The topological polar surface area (TPSA) is 87.9 Å². The molecule has 0 fully saturated rings. The molecule has 1 aromatic carbocycles. The van der Waals surface area contributed by atoms with Crippen LogP contribution in [-0.4, -0.2) is 38.6 Å². The second kappa shape index (κ2) is 5.71. The first-order valence-electron chi connectivity index (χ1n) is 5.52. The second-order valence-electron chi connectivity index (χ2n) is 4.09. The first-order valence-corrected chi connectivity index (χ1v) is 5.52. The van der Waals surface area contributed by atoms with Crippen LogP contribution in [0.4, 0.5) is 0 Å². The molecule has 0 aromatic heterocycles. The molecular formula is C13H17NO5. The fourth-order valence-corrected chi connectivity index (χ4v) is 1.58. The average molecular weight is 267 g/mol. The number of benzene rings is 1. The molecule has 6 heteroatoms. The van der Waals surface area contributed by atoms with E-state index in [-0.39, 0.29) is 5.56 Å². The van der Waals surface area contributed by atoms with Crippen LogP contribution in [0.15, 0.2) is 18.2 Å². The number of Topliss-reactive ketones (excluding diaryl/α,β-unsaturated/α-hetero) is 1. The summed E-state index contributed by atoms with van der Waals surface area (Å²) in [5.41, 5.74) is 4.12. The molecule has 6 nitrogen and oxygen atoms in total. The minimum absolute atomic E-state index is 0.164. The molecule has 19 heavy (non-hydrogen) atoms. The largest absolute Gasteiger partial charge is 0.497 e. The minimum atomic E-state index is -1.78. The van der Waals surface area contributed by atoms with Crippen LogP contribution in [0, 0.1) is 0 Å². The van der Waals surface area contributed by atoms with E-state index in [0.717, 1.165) is 0 Å². The minimum Gasteiger partial charge on any atom is -0.497 e. The fourth-order valence-electron chi connectivity index (χ4n) is 1.58. The molecule has 1 unspecified atom stereocenters. The summed E-state index contributed by atoms with van der Waals surface area (Å²) in [5, 5.41) is 0. The number of hydrogen-bond donors (Lipinski definition) is 1. The van der Waals surface area contributed by atoms with E-state index in [2.05, 4.69) is 4.74 Å². The van der Waals surface area contributed by atoms with Crippen molar-refractivity contribution in [3.05, 3.63) is 23.8 Å². The van der Waals surface area contributed by atoms with E-state index in [9.17, 15) is 9.59 Å². The predicted molar refractivity (Wildman–Crippen MR) is 68.5 cm³/mol. The van der Waals surface area contributed by atoms with Gasteiger partial charge in [0.2, 0.25) is 0 Å². The summed E-state index contributed by atoms with van der Waals surface area (Å²) in [5.74, 6) is -0.645. The van der Waals surface area contributed by atoms with E-state index in [1.165, 1.54) is 34.3 Å². The Morgan fingerprint density at radius 1 is 1.16 bits per heavy atom. The molecule has 1 atom stereocenters. The standard InChI is InChI=1S/C13H17NO5/c1-13(14,12(16)19-4)11(15)9-7-8(17-2)5-6-10(9)18-3/h5-7H,14H2,1-4H3. The van der Waals surface area contributed by atoms with Crippen LogP contribution in [0.1, 0.15) is 17.3 Å². The van der Waals surface area contributed by atoms with Gasteiger partial charge in [-0.3, -0.25) is 4.79 Å². The number of nitrogens with two attached hydrogens (primary N) is 1. The Balaban J connectivity index is 3.28. The molecule has 0 radical (unpaired) electrons. The zero-order valence-corrected chi connectivity index (χ0v) is 11.4. The number of hydrogen-bond acceptors (Lipinski definition) is 6. The Morgan fingerprint density at radius 3 is 2.26 bits per heavy atom. The molecule has 0 aliphatic heterocycles. The summed E-state index contributed by atoms with van der Waals surface area (Å²) in [7, 11) is 4.06. The third kappa shape index (κ3) is 2.85. The molecule has 0 aliphatic carbocycles. The van der Waals surface area contributed by atoms with Gasteiger partial charge >= 0.3 is 5.97 Å². The molecule has 0 aliphatic rings. The van der Waals surface area contributed by atoms with E-state index in [1.807, 2.05) is 0 Å². The van der Waals surface area contributed by atoms with Gasteiger partial charge in [-0.2, -0.15) is 0 Å². The van der Waals surface area contributed by atoms with E-state index in [1.54, 1.807) is 12.1 Å². The smallest absolute Gasteiger partial charge is 0.333 e. The van der Waals surface area contributed by atoms with Gasteiger partial charge in [-0.15, -0.1) is 0 Å². The zero-order chi connectivity index (χ0) is 14.6. The number of rotatable bonds is 5. The monoisotopic (exact) mass is 267 g/mol. The van der Waals surface area contributed by atoms with Crippen molar-refractivity contribution >= 4 is 11.8 Å². The quantitative estimate of drug-likeness (QED) is 0.482. The van der Waals surface area contributed by atoms with Gasteiger partial charge in [-0.1, -0.05) is 0 Å². The lowest BCUT2D eigenvalue weighted by Gasteiger charge is -2.21. The molecule has 104 valence electrons. The third-order valence-corrected chi connectivity index (χ3v) is 2.73. The van der Waals surface area contributed by atoms with E-state index >= 15 is 0 Å². The maximum Gasteiger partial charge on any atom is 0.333 e. The van der Waals surface area contributed by atoms with E-state index < -0.39 is 17.3 Å². The van der Waals surface area contributed by atoms with Gasteiger partial charge in [0.25, 0.3) is 0 Å². The van der Waals surface area contributed by atoms with Crippen LogP contribution in [0.25, 0.3) is 0 Å². The van der Waals surface area contributed by atoms with Crippen LogP contribution in [-0.2, 0) is 9.53 Å². The zero-order valence-electron chi connectivity index (χ0n) is 11.4. The Hall–Kier alpha value is -2.08. The molecule has 0 bridgehead atoms. The lowest BCUT2D eigenvalue weighted by molar-refractivity contribution is -0.144. The predicted octanol–water partition coefficient (Wildman–Crippen LogP) is 0.777. The summed E-state index contributed by atoms with van der Waals surface area (Å²) in [6, 6.07) is 4.68. The van der Waals surface area contributed by atoms with Crippen LogP contribution in [0.3, 0.4) is 0 Å². The number of carbonyl (C=O) groups excluding carboxylic acids is 2. The van der Waals surface area contributed by atoms with Crippen molar-refractivity contribution in [3.8, 4) is 11.5 Å². The summed E-state index contributed by atoms with van der Waals surface area (Å²) in [6.07, 6.45) is 0. The summed E-state index contributed by atoms with van der Waals surface area (Å²) in [6.45, 7) is 1.29. The summed E-state index contributed by atoms with van der Waals surface area (Å²) < 4.78 is 14.7. The number of methoxy groups -OCH3 is 3. The van der Waals surface area contributed by atoms with Crippen molar-refractivity contribution in [1.82, 2.24) is 0 Å². The number of esters is 1. The molecular weight excluding hydrogens is 250 g/mol. The van der Waals surface area contributed by atoms with Crippen LogP contribution in [0.2, 0.25) is 0 Å². The number of ketones is 1. The molecule has 2 N–H and O–H groups in total. The van der Waals surface area contributed by atoms with Gasteiger partial charge in [-0.25, -0.2) is 4.79 Å². The molecule has 0 spiro atoms. The summed E-state index contributed by atoms with van der Waals surface area (Å²) in [4.78, 5) is 23.9. The Labute approximate surface area is 111 Å². The molecule has 0 heterocycles. The maximum absolute atomic E-state index is 12.4. The average Bonchev–Trinajstić information content (AvgIpc) is 2.44. The second-order valence-corrected chi connectivity index (χ2v) is 4.09. The fraction of sp³-hybridized carbons (Fsp3) is 0.385. The van der Waals surface area contributed by atoms with Crippen molar-refractivity contribution < 1.29 is 23.8 Å². The van der Waals surface area contributed by atoms with Gasteiger partial charge in [-0.05, 0) is 25.1 Å². The molecule has 0 amide bonds. The highest BCUT2D eigenvalue weighted by molar-refractivity contribution is 6.17. The molecule has 0 saturated carbocycles. The van der Waals surface area contributed by atoms with Crippen LogP contribution in [0.5, 0.6) is 11.5 Å². The van der Waals surface area contributed by atoms with Crippen molar-refractivity contribution in [3.63, 3.8) is 0 Å². The van der Waals surface area contributed by atoms with Gasteiger partial charge < -0.3 is 19.9 Å². The highest BCUT2D eigenvalue weighted by atomic mass is 16.5. The van der Waals surface area contributed by atoms with E-state index in [4.69, 9.17) is 15.2 Å². The Morgan fingerprint density at radius 2 is 1.79 bits per heavy atom. The summed E-state index contributed by atoms with van der Waals surface area (Å²) >= 11 is 0. The molecule has 0 saturated heterocycles. The SMILES string of the molecule is COC(=O)C(C)(N)C(=O)c1cc(OC)ccc1OC. The van der Waals surface area contributed by atoms with Crippen LogP contribution >= 0.6 is 0 Å². The van der Waals surface area contributed by atoms with Crippen molar-refractivity contribution in [1.29, 1.82) is 0 Å². The lowest BCUT2D eigenvalue weighted by atomic mass is 9.91. The van der Waals surface area contributed by atoms with Crippen molar-refractivity contribution in [2.24, 2.45) is 5.73 Å². The van der Waals surface area contributed by atoms with Crippen molar-refractivity contribution in [2.45, 2.75) is 12.5 Å².